The van der Waals surface area contributed by atoms with Crippen molar-refractivity contribution >= 4 is 26.7 Å². The van der Waals surface area contributed by atoms with Crippen molar-refractivity contribution in [3.63, 3.8) is 0 Å². The Bertz CT molecular complexity index is 722. The first kappa shape index (κ1) is 11.7. The number of hydrogen-bond acceptors (Lipinski definition) is 4. The number of aromatic nitrogens is 1. The summed E-state index contributed by atoms with van der Waals surface area (Å²) in [7, 11) is 0. The van der Waals surface area contributed by atoms with Gasteiger partial charge in [-0.25, -0.2) is 4.98 Å². The van der Waals surface area contributed by atoms with Gasteiger partial charge in [0.2, 0.25) is 0 Å². The lowest BCUT2D eigenvalue weighted by atomic mass is 10.1. The highest BCUT2D eigenvalue weighted by molar-refractivity contribution is 7.22. The minimum absolute atomic E-state index is 0.615. The average molecular weight is 265 g/mol. The van der Waals surface area contributed by atoms with Crippen molar-refractivity contribution in [2.24, 2.45) is 0 Å². The van der Waals surface area contributed by atoms with Gasteiger partial charge in [0.05, 0.1) is 21.8 Å². The summed E-state index contributed by atoms with van der Waals surface area (Å²) >= 11 is 1.62. The number of nitriles is 1. The molecule has 1 heterocycles. The van der Waals surface area contributed by atoms with Gasteiger partial charge >= 0.3 is 0 Å². The molecule has 1 N–H and O–H groups in total. The van der Waals surface area contributed by atoms with E-state index in [1.807, 2.05) is 42.5 Å². The van der Waals surface area contributed by atoms with Gasteiger partial charge in [-0.2, -0.15) is 5.26 Å². The Kier molecular flexibility index (Phi) is 3.13. The molecule has 19 heavy (non-hydrogen) atoms. The van der Waals surface area contributed by atoms with Crippen LogP contribution in [0.15, 0.2) is 48.5 Å². The number of nitrogens with zero attached hydrogens (tertiary/aromatic N) is 2. The van der Waals surface area contributed by atoms with Crippen LogP contribution >= 0.6 is 11.3 Å². The molecule has 0 atom stereocenters. The van der Waals surface area contributed by atoms with Crippen LogP contribution in [0, 0.1) is 11.3 Å². The standard InChI is InChI=1S/C15H11N3S/c16-9-11-5-1-2-6-12(11)10-17-15-18-13-7-3-4-8-14(13)19-15/h1-8H,10H2,(H,17,18). The largest absolute Gasteiger partial charge is 0.357 e. The predicted octanol–water partition coefficient (Wildman–Crippen LogP) is 3.78. The number of nitrogens with one attached hydrogen (secondary N) is 1. The molecule has 0 saturated carbocycles. The Balaban J connectivity index is 1.81. The molecule has 2 aromatic carbocycles. The van der Waals surface area contributed by atoms with Crippen LogP contribution in [0.25, 0.3) is 10.2 Å². The van der Waals surface area contributed by atoms with E-state index < -0.39 is 0 Å². The van der Waals surface area contributed by atoms with Crippen molar-refractivity contribution in [3.8, 4) is 6.07 Å². The first-order valence-corrected chi connectivity index (χ1v) is 6.76. The Morgan fingerprint density at radius 2 is 1.89 bits per heavy atom. The minimum Gasteiger partial charge on any atom is -0.357 e. The van der Waals surface area contributed by atoms with E-state index in [1.165, 1.54) is 4.70 Å². The fraction of sp³-hybridized carbons (Fsp3) is 0.0667. The summed E-state index contributed by atoms with van der Waals surface area (Å²) in [4.78, 5) is 4.51. The molecule has 0 unspecified atom stereocenters. The van der Waals surface area contributed by atoms with Crippen LogP contribution in [-0.2, 0) is 6.54 Å². The number of rotatable bonds is 3. The van der Waals surface area contributed by atoms with Gasteiger partial charge in [0.25, 0.3) is 0 Å². The highest BCUT2D eigenvalue weighted by Crippen LogP contribution is 2.25. The van der Waals surface area contributed by atoms with E-state index in [9.17, 15) is 0 Å². The predicted molar refractivity (Wildman–Crippen MR) is 78.1 cm³/mol. The van der Waals surface area contributed by atoms with E-state index in [1.54, 1.807) is 11.3 Å². The Morgan fingerprint density at radius 1 is 1.11 bits per heavy atom. The molecule has 3 nitrogen and oxygen atoms in total. The lowest BCUT2D eigenvalue weighted by Crippen LogP contribution is -2.00. The number of benzene rings is 2. The summed E-state index contributed by atoms with van der Waals surface area (Å²) < 4.78 is 1.17. The van der Waals surface area contributed by atoms with Gasteiger partial charge in [-0.1, -0.05) is 41.7 Å². The summed E-state index contributed by atoms with van der Waals surface area (Å²) in [6.45, 7) is 0.615. The Labute approximate surface area is 115 Å². The van der Waals surface area contributed by atoms with E-state index >= 15 is 0 Å². The molecule has 3 rings (SSSR count). The summed E-state index contributed by atoms with van der Waals surface area (Å²) in [5, 5.41) is 13.2. The van der Waals surface area contributed by atoms with Gasteiger partial charge in [-0.15, -0.1) is 0 Å². The van der Waals surface area contributed by atoms with Gasteiger partial charge in [0, 0.05) is 6.54 Å². The Morgan fingerprint density at radius 3 is 2.74 bits per heavy atom. The normalized spacial score (nSPS) is 10.3. The molecule has 0 aliphatic heterocycles. The summed E-state index contributed by atoms with van der Waals surface area (Å²) in [6.07, 6.45) is 0. The molecule has 0 aliphatic rings. The summed E-state index contributed by atoms with van der Waals surface area (Å²) in [5.74, 6) is 0. The second kappa shape index (κ2) is 5.09. The van der Waals surface area contributed by atoms with E-state index in [0.717, 1.165) is 16.2 Å². The van der Waals surface area contributed by atoms with Crippen LogP contribution in [0.4, 0.5) is 5.13 Å². The van der Waals surface area contributed by atoms with Gasteiger partial charge < -0.3 is 5.32 Å². The second-order valence-electron chi connectivity index (χ2n) is 4.11. The fourth-order valence-electron chi connectivity index (χ4n) is 1.90. The third-order valence-electron chi connectivity index (χ3n) is 2.86. The van der Waals surface area contributed by atoms with Crippen LogP contribution in [-0.4, -0.2) is 4.98 Å². The first-order valence-electron chi connectivity index (χ1n) is 5.94. The van der Waals surface area contributed by atoms with E-state index in [-0.39, 0.29) is 0 Å². The fourth-order valence-corrected chi connectivity index (χ4v) is 2.76. The molecule has 0 saturated heterocycles. The van der Waals surface area contributed by atoms with Gasteiger partial charge in [0.15, 0.2) is 5.13 Å². The number of thiazole rings is 1. The molecule has 0 radical (unpaired) electrons. The molecule has 4 heteroatoms. The maximum absolute atomic E-state index is 9.04. The number of anilines is 1. The number of para-hydroxylation sites is 1. The topological polar surface area (TPSA) is 48.7 Å². The van der Waals surface area contributed by atoms with Crippen LogP contribution in [0.3, 0.4) is 0 Å². The molecule has 0 spiro atoms. The number of hydrogen-bond donors (Lipinski definition) is 1. The van der Waals surface area contributed by atoms with E-state index in [2.05, 4.69) is 22.4 Å². The zero-order chi connectivity index (χ0) is 13.1. The highest BCUT2D eigenvalue weighted by atomic mass is 32.1. The quantitative estimate of drug-likeness (QED) is 0.784. The molecule has 0 aliphatic carbocycles. The number of fused-ring (bicyclic) bond motifs is 1. The van der Waals surface area contributed by atoms with Gasteiger partial charge in [0.1, 0.15) is 0 Å². The van der Waals surface area contributed by atoms with Crippen LogP contribution in [0.5, 0.6) is 0 Å². The molecule has 1 aromatic heterocycles. The van der Waals surface area contributed by atoms with Crippen molar-refractivity contribution in [2.45, 2.75) is 6.54 Å². The minimum atomic E-state index is 0.615. The molecule has 0 fully saturated rings. The molecular formula is C15H11N3S. The van der Waals surface area contributed by atoms with Crippen LogP contribution < -0.4 is 5.32 Å². The SMILES string of the molecule is N#Cc1ccccc1CNc1nc2ccccc2s1. The summed E-state index contributed by atoms with van der Waals surface area (Å²) in [6, 6.07) is 17.9. The van der Waals surface area contributed by atoms with E-state index in [4.69, 9.17) is 5.26 Å². The summed E-state index contributed by atoms with van der Waals surface area (Å²) in [5.41, 5.74) is 2.70. The monoisotopic (exact) mass is 265 g/mol. The van der Waals surface area contributed by atoms with Gasteiger partial charge in [-0.3, -0.25) is 0 Å². The zero-order valence-electron chi connectivity index (χ0n) is 10.1. The van der Waals surface area contributed by atoms with Crippen molar-refractivity contribution in [2.75, 3.05) is 5.32 Å². The average Bonchev–Trinajstić information content (AvgIpc) is 2.88. The smallest absolute Gasteiger partial charge is 0.184 e. The van der Waals surface area contributed by atoms with Crippen LogP contribution in [0.1, 0.15) is 11.1 Å². The maximum Gasteiger partial charge on any atom is 0.184 e. The van der Waals surface area contributed by atoms with Crippen molar-refractivity contribution in [1.29, 1.82) is 5.26 Å². The lowest BCUT2D eigenvalue weighted by molar-refractivity contribution is 1.13. The van der Waals surface area contributed by atoms with Crippen molar-refractivity contribution in [3.05, 3.63) is 59.7 Å². The highest BCUT2D eigenvalue weighted by Gasteiger charge is 2.04. The zero-order valence-corrected chi connectivity index (χ0v) is 10.9. The van der Waals surface area contributed by atoms with Crippen molar-refractivity contribution in [1.82, 2.24) is 4.98 Å². The van der Waals surface area contributed by atoms with E-state index in [0.29, 0.717) is 12.1 Å². The molecule has 92 valence electrons. The Hall–Kier alpha value is -2.38. The third-order valence-corrected chi connectivity index (χ3v) is 3.86. The molecule has 0 amide bonds. The maximum atomic E-state index is 9.04. The molecule has 3 aromatic rings. The van der Waals surface area contributed by atoms with Crippen LogP contribution in [0.2, 0.25) is 0 Å². The first-order chi connectivity index (χ1) is 9.36. The molecular weight excluding hydrogens is 254 g/mol. The molecule has 0 bridgehead atoms. The second-order valence-corrected chi connectivity index (χ2v) is 5.14. The lowest BCUT2D eigenvalue weighted by Gasteiger charge is -2.04. The van der Waals surface area contributed by atoms with Crippen molar-refractivity contribution < 1.29 is 0 Å². The third kappa shape index (κ3) is 2.42. The van der Waals surface area contributed by atoms with Gasteiger partial charge in [-0.05, 0) is 23.8 Å².